The molecular weight excluding hydrogens is 218 g/mol. The third-order valence-electron chi connectivity index (χ3n) is 2.16. The van der Waals surface area contributed by atoms with Crippen LogP contribution < -0.4 is 10.9 Å². The number of aromatic nitrogens is 4. The molecule has 2 heterocycles. The molecule has 0 spiro atoms. The van der Waals surface area contributed by atoms with Crippen LogP contribution in [0.4, 0.5) is 0 Å². The smallest absolute Gasteiger partial charge is 0.251 e. The number of rotatable bonds is 4. The van der Waals surface area contributed by atoms with Gasteiger partial charge in [-0.05, 0) is 6.54 Å². The van der Waals surface area contributed by atoms with Gasteiger partial charge in [0.1, 0.15) is 5.69 Å². The predicted molar refractivity (Wildman–Crippen MR) is 63.3 cm³/mol. The van der Waals surface area contributed by atoms with Crippen molar-refractivity contribution in [1.29, 1.82) is 0 Å². The second-order valence-electron chi connectivity index (χ2n) is 3.46. The van der Waals surface area contributed by atoms with E-state index in [9.17, 15) is 4.79 Å². The van der Waals surface area contributed by atoms with Gasteiger partial charge in [0, 0.05) is 25.0 Å². The summed E-state index contributed by atoms with van der Waals surface area (Å²) in [6.45, 7) is 3.39. The van der Waals surface area contributed by atoms with Gasteiger partial charge in [-0.15, -0.1) is 0 Å². The van der Waals surface area contributed by atoms with Crippen LogP contribution in [-0.2, 0) is 6.54 Å². The van der Waals surface area contributed by atoms with Crippen LogP contribution in [0, 0.1) is 0 Å². The summed E-state index contributed by atoms with van der Waals surface area (Å²) in [6, 6.07) is 1.47. The fourth-order valence-corrected chi connectivity index (χ4v) is 1.39. The molecule has 0 amide bonds. The minimum absolute atomic E-state index is 0.187. The molecule has 17 heavy (non-hydrogen) atoms. The number of hydrogen-bond donors (Lipinski definition) is 2. The molecule has 0 radical (unpaired) electrons. The van der Waals surface area contributed by atoms with Gasteiger partial charge in [-0.1, -0.05) is 6.92 Å². The lowest BCUT2D eigenvalue weighted by atomic mass is 10.3. The van der Waals surface area contributed by atoms with E-state index in [-0.39, 0.29) is 5.56 Å². The van der Waals surface area contributed by atoms with Crippen molar-refractivity contribution in [2.45, 2.75) is 13.5 Å². The van der Waals surface area contributed by atoms with E-state index in [1.54, 1.807) is 18.6 Å². The normalized spacial score (nSPS) is 10.4. The quantitative estimate of drug-likeness (QED) is 0.792. The number of H-pyrrole nitrogens is 1. The van der Waals surface area contributed by atoms with E-state index in [1.807, 2.05) is 6.92 Å². The van der Waals surface area contributed by atoms with Crippen molar-refractivity contribution in [2.75, 3.05) is 6.54 Å². The van der Waals surface area contributed by atoms with Crippen molar-refractivity contribution in [3.8, 4) is 11.5 Å². The van der Waals surface area contributed by atoms with Gasteiger partial charge < -0.3 is 10.3 Å². The van der Waals surface area contributed by atoms with Crippen LogP contribution in [0.3, 0.4) is 0 Å². The summed E-state index contributed by atoms with van der Waals surface area (Å²) in [6.07, 6.45) is 4.70. The van der Waals surface area contributed by atoms with E-state index in [4.69, 9.17) is 0 Å². The Morgan fingerprint density at radius 3 is 3.00 bits per heavy atom. The van der Waals surface area contributed by atoms with Crippen LogP contribution in [0.15, 0.2) is 29.5 Å². The Kier molecular flexibility index (Phi) is 3.56. The Labute approximate surface area is 98.2 Å². The molecule has 0 aliphatic carbocycles. The summed E-state index contributed by atoms with van der Waals surface area (Å²) in [5, 5.41) is 3.12. The minimum Gasteiger partial charge on any atom is -0.311 e. The maximum Gasteiger partial charge on any atom is 0.251 e. The first-order valence-electron chi connectivity index (χ1n) is 5.37. The molecule has 88 valence electrons. The van der Waals surface area contributed by atoms with E-state index in [2.05, 4.69) is 25.3 Å². The molecule has 0 saturated carbocycles. The average Bonchev–Trinajstić information content (AvgIpc) is 2.37. The van der Waals surface area contributed by atoms with Crippen molar-refractivity contribution in [1.82, 2.24) is 25.3 Å². The third-order valence-corrected chi connectivity index (χ3v) is 2.16. The van der Waals surface area contributed by atoms with Gasteiger partial charge in [-0.25, -0.2) is 9.97 Å². The number of aromatic amines is 1. The fraction of sp³-hybridized carbons (Fsp3) is 0.273. The first kappa shape index (κ1) is 11.4. The standard InChI is InChI=1S/C11H13N5O/c1-2-12-6-8-5-10(17)16-11(15-8)9-7-13-3-4-14-9/h3-5,7,12H,2,6H2,1H3,(H,15,16,17). The molecule has 0 aromatic carbocycles. The molecule has 0 saturated heterocycles. The van der Waals surface area contributed by atoms with Crippen LogP contribution in [-0.4, -0.2) is 26.5 Å². The molecule has 6 nitrogen and oxygen atoms in total. The zero-order chi connectivity index (χ0) is 12.1. The van der Waals surface area contributed by atoms with Gasteiger partial charge in [0.2, 0.25) is 0 Å². The lowest BCUT2D eigenvalue weighted by Crippen LogP contribution is -2.17. The van der Waals surface area contributed by atoms with Gasteiger partial charge in [-0.3, -0.25) is 9.78 Å². The molecule has 0 fully saturated rings. The SMILES string of the molecule is CCNCc1cc(=O)[nH]c(-c2cnccn2)n1. The largest absolute Gasteiger partial charge is 0.311 e. The van der Waals surface area contributed by atoms with E-state index < -0.39 is 0 Å². The molecule has 0 bridgehead atoms. The Morgan fingerprint density at radius 1 is 1.41 bits per heavy atom. The first-order chi connectivity index (χ1) is 8.29. The second-order valence-corrected chi connectivity index (χ2v) is 3.46. The molecule has 0 aliphatic rings. The summed E-state index contributed by atoms with van der Waals surface area (Å²) in [7, 11) is 0. The highest BCUT2D eigenvalue weighted by Crippen LogP contribution is 2.07. The van der Waals surface area contributed by atoms with Gasteiger partial charge in [0.15, 0.2) is 5.82 Å². The Hall–Kier alpha value is -2.08. The summed E-state index contributed by atoms with van der Waals surface area (Å²) < 4.78 is 0. The van der Waals surface area contributed by atoms with Crippen molar-refractivity contribution in [3.05, 3.63) is 40.7 Å². The van der Waals surface area contributed by atoms with Crippen molar-refractivity contribution in [2.24, 2.45) is 0 Å². The van der Waals surface area contributed by atoms with E-state index in [0.29, 0.717) is 23.8 Å². The fourth-order valence-electron chi connectivity index (χ4n) is 1.39. The summed E-state index contributed by atoms with van der Waals surface area (Å²) >= 11 is 0. The maximum absolute atomic E-state index is 11.5. The van der Waals surface area contributed by atoms with Crippen LogP contribution in [0.5, 0.6) is 0 Å². The predicted octanol–water partition coefficient (Wildman–Crippen LogP) is 0.336. The Bertz CT molecular complexity index is 537. The highest BCUT2D eigenvalue weighted by Gasteiger charge is 2.04. The third kappa shape index (κ3) is 2.94. The maximum atomic E-state index is 11.5. The molecule has 2 aromatic rings. The molecule has 2 aromatic heterocycles. The average molecular weight is 231 g/mol. The van der Waals surface area contributed by atoms with Crippen molar-refractivity contribution >= 4 is 0 Å². The molecule has 2 N–H and O–H groups in total. The van der Waals surface area contributed by atoms with Crippen LogP contribution >= 0.6 is 0 Å². The Balaban J connectivity index is 2.35. The summed E-state index contributed by atoms with van der Waals surface area (Å²) in [5.41, 5.74) is 1.06. The molecule has 2 rings (SSSR count). The van der Waals surface area contributed by atoms with Gasteiger partial charge in [0.05, 0.1) is 11.9 Å². The Morgan fingerprint density at radius 2 is 2.29 bits per heavy atom. The van der Waals surface area contributed by atoms with Gasteiger partial charge in [0.25, 0.3) is 5.56 Å². The first-order valence-corrected chi connectivity index (χ1v) is 5.37. The zero-order valence-corrected chi connectivity index (χ0v) is 9.47. The lowest BCUT2D eigenvalue weighted by molar-refractivity contribution is 0.707. The molecule has 0 aliphatic heterocycles. The summed E-state index contributed by atoms with van der Waals surface area (Å²) in [4.78, 5) is 26.5. The van der Waals surface area contributed by atoms with Gasteiger partial charge in [-0.2, -0.15) is 0 Å². The highest BCUT2D eigenvalue weighted by molar-refractivity contribution is 5.46. The monoisotopic (exact) mass is 231 g/mol. The topological polar surface area (TPSA) is 83.6 Å². The molecular formula is C11H13N5O. The molecule has 0 atom stereocenters. The highest BCUT2D eigenvalue weighted by atomic mass is 16.1. The van der Waals surface area contributed by atoms with Crippen LogP contribution in [0.25, 0.3) is 11.5 Å². The summed E-state index contributed by atoms with van der Waals surface area (Å²) in [5.74, 6) is 0.443. The van der Waals surface area contributed by atoms with E-state index in [1.165, 1.54) is 6.07 Å². The number of nitrogens with one attached hydrogen (secondary N) is 2. The minimum atomic E-state index is -0.187. The van der Waals surface area contributed by atoms with E-state index >= 15 is 0 Å². The van der Waals surface area contributed by atoms with E-state index in [0.717, 1.165) is 6.54 Å². The number of hydrogen-bond acceptors (Lipinski definition) is 5. The second kappa shape index (κ2) is 5.31. The molecule has 0 unspecified atom stereocenters. The van der Waals surface area contributed by atoms with Crippen LogP contribution in [0.2, 0.25) is 0 Å². The van der Waals surface area contributed by atoms with Crippen LogP contribution in [0.1, 0.15) is 12.6 Å². The van der Waals surface area contributed by atoms with Gasteiger partial charge >= 0.3 is 0 Å². The van der Waals surface area contributed by atoms with Crippen molar-refractivity contribution in [3.63, 3.8) is 0 Å². The molecule has 6 heteroatoms. The lowest BCUT2D eigenvalue weighted by Gasteiger charge is -2.03. The van der Waals surface area contributed by atoms with Crippen molar-refractivity contribution < 1.29 is 0 Å². The zero-order valence-electron chi connectivity index (χ0n) is 9.47. The number of nitrogens with zero attached hydrogens (tertiary/aromatic N) is 3.